The quantitative estimate of drug-likeness (QED) is 0.611. The zero-order chi connectivity index (χ0) is 9.52. The van der Waals surface area contributed by atoms with Crippen molar-refractivity contribution in [3.8, 4) is 0 Å². The highest BCUT2D eigenvalue weighted by molar-refractivity contribution is 5.76. The first-order valence-corrected chi connectivity index (χ1v) is 5.41. The molecule has 1 saturated heterocycles. The lowest BCUT2D eigenvalue weighted by molar-refractivity contribution is -0.132. The molecule has 1 rings (SSSR count). The van der Waals surface area contributed by atoms with Gasteiger partial charge in [0, 0.05) is 19.5 Å². The van der Waals surface area contributed by atoms with Crippen LogP contribution in [-0.4, -0.2) is 23.9 Å². The molecule has 0 aliphatic carbocycles. The third-order valence-electron chi connectivity index (χ3n) is 2.60. The van der Waals surface area contributed by atoms with Crippen LogP contribution < -0.4 is 0 Å². The maximum absolute atomic E-state index is 11.6. The van der Waals surface area contributed by atoms with Gasteiger partial charge in [0.1, 0.15) is 0 Å². The molecule has 0 aromatic heterocycles. The van der Waals surface area contributed by atoms with Crippen LogP contribution >= 0.6 is 0 Å². The molecule has 0 bridgehead atoms. The number of rotatable bonds is 4. The summed E-state index contributed by atoms with van der Waals surface area (Å²) in [4.78, 5) is 13.6. The van der Waals surface area contributed by atoms with Crippen molar-refractivity contribution in [2.24, 2.45) is 0 Å². The predicted octanol–water partition coefficient (Wildman–Crippen LogP) is 2.39. The van der Waals surface area contributed by atoms with Gasteiger partial charge in [-0.05, 0) is 25.7 Å². The first-order valence-electron chi connectivity index (χ1n) is 5.41. The maximum Gasteiger partial charge on any atom is 0.222 e. The van der Waals surface area contributed by atoms with E-state index in [1.165, 1.54) is 19.3 Å². The van der Waals surface area contributed by atoms with Gasteiger partial charge in [-0.15, -0.1) is 0 Å². The summed E-state index contributed by atoms with van der Waals surface area (Å²) in [5.41, 5.74) is 0. The Morgan fingerprint density at radius 2 is 1.85 bits per heavy atom. The third kappa shape index (κ3) is 3.79. The van der Waals surface area contributed by atoms with Crippen molar-refractivity contribution in [3.05, 3.63) is 6.92 Å². The van der Waals surface area contributed by atoms with Crippen molar-refractivity contribution in [1.29, 1.82) is 0 Å². The highest BCUT2D eigenvalue weighted by atomic mass is 16.2. The van der Waals surface area contributed by atoms with Gasteiger partial charge >= 0.3 is 0 Å². The molecule has 1 fully saturated rings. The Balaban J connectivity index is 2.13. The summed E-state index contributed by atoms with van der Waals surface area (Å²) < 4.78 is 0. The molecule has 1 heterocycles. The SMILES string of the molecule is [CH2]CCCCC(=O)N1CCCCC1. The predicted molar refractivity (Wildman–Crippen MR) is 54.3 cm³/mol. The van der Waals surface area contributed by atoms with Crippen LogP contribution in [0.2, 0.25) is 0 Å². The average molecular weight is 182 g/mol. The van der Waals surface area contributed by atoms with Gasteiger partial charge in [0.2, 0.25) is 5.91 Å². The molecule has 0 saturated carbocycles. The van der Waals surface area contributed by atoms with Crippen molar-refractivity contribution >= 4 is 5.91 Å². The summed E-state index contributed by atoms with van der Waals surface area (Å²) >= 11 is 0. The van der Waals surface area contributed by atoms with Crippen LogP contribution in [0.3, 0.4) is 0 Å². The van der Waals surface area contributed by atoms with Crippen molar-refractivity contribution in [2.45, 2.75) is 44.9 Å². The van der Waals surface area contributed by atoms with Gasteiger partial charge < -0.3 is 4.90 Å². The summed E-state index contributed by atoms with van der Waals surface area (Å²) in [6.45, 7) is 5.75. The van der Waals surface area contributed by atoms with Crippen LogP contribution in [0.4, 0.5) is 0 Å². The van der Waals surface area contributed by atoms with Crippen molar-refractivity contribution in [3.63, 3.8) is 0 Å². The Morgan fingerprint density at radius 3 is 2.46 bits per heavy atom. The van der Waals surface area contributed by atoms with Crippen LogP contribution in [0.25, 0.3) is 0 Å². The minimum atomic E-state index is 0.355. The molecule has 1 radical (unpaired) electrons. The van der Waals surface area contributed by atoms with Crippen LogP contribution in [0.5, 0.6) is 0 Å². The van der Waals surface area contributed by atoms with Crippen LogP contribution in [0.15, 0.2) is 0 Å². The van der Waals surface area contributed by atoms with E-state index in [2.05, 4.69) is 6.92 Å². The van der Waals surface area contributed by atoms with Crippen molar-refractivity contribution < 1.29 is 4.79 Å². The van der Waals surface area contributed by atoms with Gasteiger partial charge in [-0.1, -0.05) is 19.8 Å². The van der Waals surface area contributed by atoms with Crippen LogP contribution in [0, 0.1) is 6.92 Å². The van der Waals surface area contributed by atoms with Gasteiger partial charge in [0.15, 0.2) is 0 Å². The summed E-state index contributed by atoms with van der Waals surface area (Å²) in [6, 6.07) is 0. The number of piperidine rings is 1. The molecular weight excluding hydrogens is 162 g/mol. The third-order valence-corrected chi connectivity index (χ3v) is 2.60. The van der Waals surface area contributed by atoms with Crippen LogP contribution in [-0.2, 0) is 4.79 Å². The van der Waals surface area contributed by atoms with Gasteiger partial charge in [0.25, 0.3) is 0 Å². The largest absolute Gasteiger partial charge is 0.343 e. The molecular formula is C11H20NO. The van der Waals surface area contributed by atoms with E-state index < -0.39 is 0 Å². The number of carbonyl (C=O) groups is 1. The van der Waals surface area contributed by atoms with Gasteiger partial charge in [-0.2, -0.15) is 0 Å². The van der Waals surface area contributed by atoms with E-state index in [1.54, 1.807) is 0 Å². The number of nitrogens with zero attached hydrogens (tertiary/aromatic N) is 1. The zero-order valence-corrected chi connectivity index (χ0v) is 8.43. The molecule has 0 aromatic rings. The molecule has 2 nitrogen and oxygen atoms in total. The Bertz CT molecular complexity index is 150. The van der Waals surface area contributed by atoms with Crippen LogP contribution in [0.1, 0.15) is 44.9 Å². The van der Waals surface area contributed by atoms with Gasteiger partial charge in [0.05, 0.1) is 0 Å². The van der Waals surface area contributed by atoms with E-state index in [0.717, 1.165) is 38.8 Å². The van der Waals surface area contributed by atoms with E-state index in [9.17, 15) is 4.79 Å². The number of hydrogen-bond donors (Lipinski definition) is 0. The molecule has 0 spiro atoms. The van der Waals surface area contributed by atoms with Crippen molar-refractivity contribution in [2.75, 3.05) is 13.1 Å². The highest BCUT2D eigenvalue weighted by Gasteiger charge is 2.15. The maximum atomic E-state index is 11.6. The fourth-order valence-corrected chi connectivity index (χ4v) is 1.75. The number of hydrogen-bond acceptors (Lipinski definition) is 1. The lowest BCUT2D eigenvalue weighted by Crippen LogP contribution is -2.35. The average Bonchev–Trinajstić information content (AvgIpc) is 2.19. The summed E-state index contributed by atoms with van der Waals surface area (Å²) in [6.07, 6.45) is 7.46. The van der Waals surface area contributed by atoms with E-state index in [1.807, 2.05) is 4.90 Å². The normalized spacial score (nSPS) is 17.5. The summed E-state index contributed by atoms with van der Waals surface area (Å²) in [5, 5.41) is 0. The number of likely N-dealkylation sites (tertiary alicyclic amines) is 1. The molecule has 13 heavy (non-hydrogen) atoms. The van der Waals surface area contributed by atoms with Crippen molar-refractivity contribution in [1.82, 2.24) is 4.90 Å². The molecule has 2 heteroatoms. The second-order valence-corrected chi connectivity index (χ2v) is 3.75. The Hall–Kier alpha value is -0.530. The molecule has 0 atom stereocenters. The minimum Gasteiger partial charge on any atom is -0.343 e. The second kappa shape index (κ2) is 6.01. The monoisotopic (exact) mass is 182 g/mol. The molecule has 1 aliphatic heterocycles. The highest BCUT2D eigenvalue weighted by Crippen LogP contribution is 2.11. The van der Waals surface area contributed by atoms with E-state index in [-0.39, 0.29) is 0 Å². The van der Waals surface area contributed by atoms with E-state index in [0.29, 0.717) is 5.91 Å². The molecule has 1 aliphatic rings. The Morgan fingerprint density at radius 1 is 1.15 bits per heavy atom. The van der Waals surface area contributed by atoms with E-state index in [4.69, 9.17) is 0 Å². The lowest BCUT2D eigenvalue weighted by Gasteiger charge is -2.26. The fourth-order valence-electron chi connectivity index (χ4n) is 1.75. The standard InChI is InChI=1S/C11H20NO/c1-2-3-5-8-11(13)12-9-6-4-7-10-12/h1-10H2. The Labute approximate surface area is 81.3 Å². The molecule has 1 amide bonds. The topological polar surface area (TPSA) is 20.3 Å². The smallest absolute Gasteiger partial charge is 0.222 e. The first kappa shape index (κ1) is 10.6. The minimum absolute atomic E-state index is 0.355. The zero-order valence-electron chi connectivity index (χ0n) is 8.43. The molecule has 0 N–H and O–H groups in total. The molecule has 0 unspecified atom stereocenters. The summed E-state index contributed by atoms with van der Waals surface area (Å²) in [7, 11) is 0. The summed E-state index contributed by atoms with van der Waals surface area (Å²) in [5.74, 6) is 0.355. The number of carbonyl (C=O) groups excluding carboxylic acids is 1. The van der Waals surface area contributed by atoms with Gasteiger partial charge in [-0.25, -0.2) is 0 Å². The Kier molecular flexibility index (Phi) is 4.87. The lowest BCUT2D eigenvalue weighted by atomic mass is 10.1. The molecule has 75 valence electrons. The fraction of sp³-hybridized carbons (Fsp3) is 0.818. The first-order chi connectivity index (χ1) is 6.34. The number of unbranched alkanes of at least 4 members (excludes halogenated alkanes) is 2. The van der Waals surface area contributed by atoms with E-state index >= 15 is 0 Å². The molecule has 0 aromatic carbocycles. The van der Waals surface area contributed by atoms with Gasteiger partial charge in [-0.3, -0.25) is 4.79 Å². The second-order valence-electron chi connectivity index (χ2n) is 3.75. The number of amides is 1.